The number of hydrogen-bond acceptors (Lipinski definition) is 4. The van der Waals surface area contributed by atoms with Crippen LogP contribution in [0.1, 0.15) is 66.8 Å². The fourth-order valence-corrected chi connectivity index (χ4v) is 3.69. The largest absolute Gasteiger partial charge is 0.477 e. The van der Waals surface area contributed by atoms with Crippen LogP contribution >= 0.6 is 11.3 Å². The highest BCUT2D eigenvalue weighted by Gasteiger charge is 2.32. The van der Waals surface area contributed by atoms with E-state index in [-0.39, 0.29) is 0 Å². The Bertz CT molecular complexity index is 482. The quantitative estimate of drug-likeness (QED) is 0.793. The maximum absolute atomic E-state index is 11.4. The zero-order chi connectivity index (χ0) is 15.6. The number of nitrogens with zero attached hydrogens (tertiary/aromatic N) is 2. The third-order valence-corrected chi connectivity index (χ3v) is 4.51. The van der Waals surface area contributed by atoms with Gasteiger partial charge in [0, 0.05) is 19.0 Å². The average molecular weight is 310 g/mol. The molecule has 21 heavy (non-hydrogen) atoms. The third kappa shape index (κ3) is 4.78. The molecule has 118 valence electrons. The van der Waals surface area contributed by atoms with E-state index in [2.05, 4.69) is 37.6 Å². The summed E-state index contributed by atoms with van der Waals surface area (Å²) in [7, 11) is 0. The van der Waals surface area contributed by atoms with Crippen molar-refractivity contribution in [3.63, 3.8) is 0 Å². The summed E-state index contributed by atoms with van der Waals surface area (Å²) in [4.78, 5) is 18.9. The predicted octanol–water partition coefficient (Wildman–Crippen LogP) is 3.83. The van der Waals surface area contributed by atoms with E-state index in [1.54, 1.807) is 0 Å². The second-order valence-electron chi connectivity index (χ2n) is 6.88. The topological polar surface area (TPSA) is 53.4 Å². The molecule has 5 heteroatoms. The number of carboxylic acid groups (broad SMARTS) is 1. The molecule has 1 aliphatic rings. The van der Waals surface area contributed by atoms with Crippen LogP contribution in [-0.2, 0) is 6.54 Å². The fourth-order valence-electron chi connectivity index (χ4n) is 2.66. The fraction of sp³-hybridized carbons (Fsp3) is 0.750. The minimum atomic E-state index is -0.820. The lowest BCUT2D eigenvalue weighted by atomic mass is 10.1. The molecule has 0 bridgehead atoms. The molecule has 0 aromatic carbocycles. The minimum Gasteiger partial charge on any atom is -0.477 e. The lowest BCUT2D eigenvalue weighted by Crippen LogP contribution is -2.30. The van der Waals surface area contributed by atoms with Crippen LogP contribution in [0.3, 0.4) is 0 Å². The molecular formula is C16H26N2O2S. The second kappa shape index (κ2) is 6.88. The van der Waals surface area contributed by atoms with E-state index in [9.17, 15) is 9.90 Å². The van der Waals surface area contributed by atoms with Crippen LogP contribution in [0.2, 0.25) is 0 Å². The molecule has 1 aromatic heterocycles. The first-order valence-corrected chi connectivity index (χ1v) is 8.63. The molecule has 1 saturated carbocycles. The van der Waals surface area contributed by atoms with Crippen molar-refractivity contribution in [2.75, 3.05) is 13.1 Å². The molecule has 0 unspecified atom stereocenters. The van der Waals surface area contributed by atoms with Gasteiger partial charge in [-0.3, -0.25) is 4.90 Å². The van der Waals surface area contributed by atoms with Crippen molar-refractivity contribution in [3.05, 3.63) is 15.6 Å². The van der Waals surface area contributed by atoms with Crippen molar-refractivity contribution in [1.82, 2.24) is 9.88 Å². The summed E-state index contributed by atoms with van der Waals surface area (Å²) < 4.78 is 0. The predicted molar refractivity (Wildman–Crippen MR) is 86.0 cm³/mol. The molecule has 0 radical (unpaired) electrons. The van der Waals surface area contributed by atoms with Gasteiger partial charge in [-0.25, -0.2) is 9.78 Å². The maximum Gasteiger partial charge on any atom is 0.347 e. The van der Waals surface area contributed by atoms with Gasteiger partial charge in [-0.1, -0.05) is 27.7 Å². The molecule has 1 fully saturated rings. The third-order valence-electron chi connectivity index (χ3n) is 3.46. The van der Waals surface area contributed by atoms with Gasteiger partial charge in [-0.05, 0) is 24.7 Å². The van der Waals surface area contributed by atoms with Gasteiger partial charge in [-0.15, -0.1) is 11.3 Å². The lowest BCUT2D eigenvalue weighted by Gasteiger charge is -2.25. The molecule has 0 amide bonds. The van der Waals surface area contributed by atoms with Gasteiger partial charge in [0.1, 0.15) is 9.88 Å². The Morgan fingerprint density at radius 3 is 2.29 bits per heavy atom. The van der Waals surface area contributed by atoms with Gasteiger partial charge in [0.15, 0.2) is 0 Å². The van der Waals surface area contributed by atoms with Crippen molar-refractivity contribution >= 4 is 17.3 Å². The second-order valence-corrected chi connectivity index (χ2v) is 7.97. The highest BCUT2D eigenvalue weighted by atomic mass is 32.1. The molecule has 1 aromatic rings. The van der Waals surface area contributed by atoms with E-state index in [1.165, 1.54) is 11.3 Å². The molecule has 2 rings (SSSR count). The van der Waals surface area contributed by atoms with Gasteiger partial charge in [0.25, 0.3) is 0 Å². The number of carboxylic acids is 1. The molecule has 0 atom stereocenters. The molecule has 1 heterocycles. The van der Waals surface area contributed by atoms with E-state index >= 15 is 0 Å². The summed E-state index contributed by atoms with van der Waals surface area (Å²) in [6, 6.07) is 0. The number of thiazole rings is 1. The summed E-state index contributed by atoms with van der Waals surface area (Å²) in [5, 5.41) is 10.3. The van der Waals surface area contributed by atoms with Crippen LogP contribution in [0.25, 0.3) is 0 Å². The van der Waals surface area contributed by atoms with E-state index in [4.69, 9.17) is 0 Å². The SMILES string of the molecule is CC(C)CN(Cc1nc(C2CC2)c(C(=O)O)s1)CC(C)C. The summed E-state index contributed by atoms with van der Waals surface area (Å²) >= 11 is 1.37. The van der Waals surface area contributed by atoms with Crippen molar-refractivity contribution < 1.29 is 9.90 Å². The zero-order valence-electron chi connectivity index (χ0n) is 13.4. The van der Waals surface area contributed by atoms with Crippen LogP contribution < -0.4 is 0 Å². The molecule has 0 saturated heterocycles. The van der Waals surface area contributed by atoms with Crippen molar-refractivity contribution in [2.45, 2.75) is 53.0 Å². The molecule has 1 aliphatic carbocycles. The smallest absolute Gasteiger partial charge is 0.347 e. The summed E-state index contributed by atoms with van der Waals surface area (Å²) in [6.07, 6.45) is 2.18. The van der Waals surface area contributed by atoms with Gasteiger partial charge in [0.2, 0.25) is 0 Å². The van der Waals surface area contributed by atoms with Gasteiger partial charge in [0.05, 0.1) is 12.2 Å². The Morgan fingerprint density at radius 2 is 1.86 bits per heavy atom. The van der Waals surface area contributed by atoms with E-state index in [0.29, 0.717) is 22.6 Å². The summed E-state index contributed by atoms with van der Waals surface area (Å²) in [5.74, 6) is 0.779. The normalized spacial score (nSPS) is 15.4. The van der Waals surface area contributed by atoms with Gasteiger partial charge < -0.3 is 5.11 Å². The highest BCUT2D eigenvalue weighted by Crippen LogP contribution is 2.42. The number of hydrogen-bond donors (Lipinski definition) is 1. The Balaban J connectivity index is 2.12. The highest BCUT2D eigenvalue weighted by molar-refractivity contribution is 7.13. The average Bonchev–Trinajstić information content (AvgIpc) is 3.09. The first kappa shape index (κ1) is 16.4. The lowest BCUT2D eigenvalue weighted by molar-refractivity contribution is 0.0700. The van der Waals surface area contributed by atoms with Crippen LogP contribution in [-0.4, -0.2) is 34.0 Å². The number of aromatic nitrogens is 1. The van der Waals surface area contributed by atoms with Gasteiger partial charge in [-0.2, -0.15) is 0 Å². The monoisotopic (exact) mass is 310 g/mol. The Kier molecular flexibility index (Phi) is 5.38. The zero-order valence-corrected chi connectivity index (χ0v) is 14.2. The number of carbonyl (C=O) groups is 1. The summed E-state index contributed by atoms with van der Waals surface area (Å²) in [6.45, 7) is 11.7. The molecule has 1 N–H and O–H groups in total. The van der Waals surface area contributed by atoms with Crippen LogP contribution in [0.4, 0.5) is 0 Å². The van der Waals surface area contributed by atoms with E-state index in [0.717, 1.165) is 43.2 Å². The Morgan fingerprint density at radius 1 is 1.29 bits per heavy atom. The van der Waals surface area contributed by atoms with Crippen LogP contribution in [0.5, 0.6) is 0 Å². The van der Waals surface area contributed by atoms with Crippen molar-refractivity contribution in [3.8, 4) is 0 Å². The first-order chi connectivity index (χ1) is 9.86. The minimum absolute atomic E-state index is 0.393. The standard InChI is InChI=1S/C16H26N2O2S/c1-10(2)7-18(8-11(3)4)9-13-17-14(12-5-6-12)15(21-13)16(19)20/h10-12H,5-9H2,1-4H3,(H,19,20). The Hall–Kier alpha value is -0.940. The number of aromatic carboxylic acids is 1. The van der Waals surface area contributed by atoms with E-state index < -0.39 is 5.97 Å². The van der Waals surface area contributed by atoms with Crippen LogP contribution in [0, 0.1) is 11.8 Å². The maximum atomic E-state index is 11.4. The van der Waals surface area contributed by atoms with Gasteiger partial charge >= 0.3 is 5.97 Å². The molecular weight excluding hydrogens is 284 g/mol. The van der Waals surface area contributed by atoms with Crippen molar-refractivity contribution in [1.29, 1.82) is 0 Å². The molecule has 4 nitrogen and oxygen atoms in total. The first-order valence-electron chi connectivity index (χ1n) is 7.82. The van der Waals surface area contributed by atoms with Crippen LogP contribution in [0.15, 0.2) is 0 Å². The number of rotatable bonds is 8. The van der Waals surface area contributed by atoms with E-state index in [1.807, 2.05) is 0 Å². The van der Waals surface area contributed by atoms with Crippen molar-refractivity contribution in [2.24, 2.45) is 11.8 Å². The molecule has 0 spiro atoms. The molecule has 0 aliphatic heterocycles. The summed E-state index contributed by atoms with van der Waals surface area (Å²) in [5.41, 5.74) is 0.830. The Labute approximate surface area is 131 Å².